The highest BCUT2D eigenvalue weighted by Crippen LogP contribution is 2.23. The van der Waals surface area contributed by atoms with Crippen molar-refractivity contribution in [2.75, 3.05) is 12.3 Å². The Balaban J connectivity index is 2.67. The monoisotopic (exact) mass is 314 g/mol. The molecule has 0 bridgehead atoms. The number of amides is 1. The van der Waals surface area contributed by atoms with Crippen molar-refractivity contribution in [2.45, 2.75) is 32.4 Å². The highest BCUT2D eigenvalue weighted by molar-refractivity contribution is 5.80. The van der Waals surface area contributed by atoms with Gasteiger partial charge in [0.1, 0.15) is 29.5 Å². The number of hydrogen-bond donors (Lipinski definition) is 3. The number of carboxylic acids is 1. The van der Waals surface area contributed by atoms with E-state index >= 15 is 0 Å². The molecule has 1 unspecified atom stereocenters. The van der Waals surface area contributed by atoms with Gasteiger partial charge in [0.2, 0.25) is 0 Å². The standard InChI is InChI=1S/C14H19FN2O5/c1-14(2,3)22-13(20)17-9(12(18)19)7-21-10-6-4-5-8(15)11(10)16/h4-6,9H,7,16H2,1-3H3,(H,17,20)(H,18,19). The van der Waals surface area contributed by atoms with Gasteiger partial charge in [-0.3, -0.25) is 0 Å². The largest absolute Gasteiger partial charge is 0.489 e. The third-order valence-electron chi connectivity index (χ3n) is 2.41. The van der Waals surface area contributed by atoms with Crippen LogP contribution in [0.5, 0.6) is 5.75 Å². The van der Waals surface area contributed by atoms with E-state index in [-0.39, 0.29) is 11.4 Å². The molecule has 0 aliphatic heterocycles. The molecule has 1 amide bonds. The number of benzene rings is 1. The fraction of sp³-hybridized carbons (Fsp3) is 0.429. The summed E-state index contributed by atoms with van der Waals surface area (Å²) in [5, 5.41) is 11.2. The van der Waals surface area contributed by atoms with E-state index in [1.807, 2.05) is 0 Å². The maximum Gasteiger partial charge on any atom is 0.408 e. The predicted molar refractivity (Wildman–Crippen MR) is 77.1 cm³/mol. The van der Waals surface area contributed by atoms with Crippen LogP contribution in [0.3, 0.4) is 0 Å². The van der Waals surface area contributed by atoms with Crippen LogP contribution in [0.25, 0.3) is 0 Å². The first-order valence-corrected chi connectivity index (χ1v) is 6.49. The van der Waals surface area contributed by atoms with Gasteiger partial charge in [-0.15, -0.1) is 0 Å². The zero-order valence-corrected chi connectivity index (χ0v) is 12.6. The number of rotatable bonds is 5. The highest BCUT2D eigenvalue weighted by Gasteiger charge is 2.25. The number of alkyl carbamates (subject to hydrolysis) is 1. The summed E-state index contributed by atoms with van der Waals surface area (Å²) in [6.07, 6.45) is -0.893. The van der Waals surface area contributed by atoms with Crippen LogP contribution in [-0.2, 0) is 9.53 Å². The van der Waals surface area contributed by atoms with Gasteiger partial charge in [-0.25, -0.2) is 14.0 Å². The van der Waals surface area contributed by atoms with E-state index in [4.69, 9.17) is 20.3 Å². The predicted octanol–water partition coefficient (Wildman–Crippen LogP) is 1.76. The smallest absolute Gasteiger partial charge is 0.408 e. The van der Waals surface area contributed by atoms with E-state index in [0.717, 1.165) is 6.07 Å². The van der Waals surface area contributed by atoms with Crippen molar-refractivity contribution >= 4 is 17.7 Å². The van der Waals surface area contributed by atoms with Crippen LogP contribution in [-0.4, -0.2) is 35.4 Å². The molecule has 1 aromatic carbocycles. The van der Waals surface area contributed by atoms with E-state index in [1.165, 1.54) is 12.1 Å². The molecule has 0 aliphatic carbocycles. The number of carboxylic acid groups (broad SMARTS) is 1. The fourth-order valence-electron chi connectivity index (χ4n) is 1.44. The van der Waals surface area contributed by atoms with Gasteiger partial charge in [0.05, 0.1) is 0 Å². The van der Waals surface area contributed by atoms with Crippen molar-refractivity contribution in [3.05, 3.63) is 24.0 Å². The van der Waals surface area contributed by atoms with Crippen LogP contribution in [0, 0.1) is 5.82 Å². The summed E-state index contributed by atoms with van der Waals surface area (Å²) in [5.74, 6) is -2.00. The average molecular weight is 314 g/mol. The van der Waals surface area contributed by atoms with E-state index in [9.17, 15) is 14.0 Å². The Kier molecular flexibility index (Phi) is 5.56. The minimum atomic E-state index is -1.36. The van der Waals surface area contributed by atoms with Gasteiger partial charge < -0.3 is 25.6 Å². The number of ether oxygens (including phenoxy) is 2. The minimum Gasteiger partial charge on any atom is -0.489 e. The first-order valence-electron chi connectivity index (χ1n) is 6.49. The summed E-state index contributed by atoms with van der Waals surface area (Å²) in [4.78, 5) is 22.7. The lowest BCUT2D eigenvalue weighted by Gasteiger charge is -2.22. The number of anilines is 1. The van der Waals surface area contributed by atoms with Crippen molar-refractivity contribution in [1.82, 2.24) is 5.32 Å². The number of hydrogen-bond acceptors (Lipinski definition) is 5. The molecule has 0 heterocycles. The Morgan fingerprint density at radius 1 is 1.41 bits per heavy atom. The first-order chi connectivity index (χ1) is 10.1. The number of nitrogens with one attached hydrogen (secondary N) is 1. The van der Waals surface area contributed by atoms with Gasteiger partial charge in [-0.2, -0.15) is 0 Å². The molecule has 0 fully saturated rings. The number of nitrogen functional groups attached to an aromatic ring is 1. The van der Waals surface area contributed by atoms with E-state index in [0.29, 0.717) is 0 Å². The Bertz CT molecular complexity index is 557. The van der Waals surface area contributed by atoms with Crippen LogP contribution in [0.4, 0.5) is 14.9 Å². The molecule has 1 atom stereocenters. The molecular formula is C14H19FN2O5. The Labute approximate surface area is 127 Å². The zero-order valence-electron chi connectivity index (χ0n) is 12.6. The second kappa shape index (κ2) is 6.97. The molecule has 0 aliphatic rings. The molecule has 0 aromatic heterocycles. The fourth-order valence-corrected chi connectivity index (χ4v) is 1.44. The molecule has 0 spiro atoms. The van der Waals surface area contributed by atoms with Crippen molar-refractivity contribution in [1.29, 1.82) is 0 Å². The summed E-state index contributed by atoms with van der Waals surface area (Å²) in [6, 6.07) is 2.55. The summed E-state index contributed by atoms with van der Waals surface area (Å²) >= 11 is 0. The third kappa shape index (κ3) is 5.47. The molecule has 1 rings (SSSR count). The van der Waals surface area contributed by atoms with Crippen LogP contribution in [0.15, 0.2) is 18.2 Å². The van der Waals surface area contributed by atoms with Gasteiger partial charge in [0.15, 0.2) is 6.04 Å². The molecule has 0 radical (unpaired) electrons. The molecule has 122 valence electrons. The van der Waals surface area contributed by atoms with E-state index < -0.39 is 36.1 Å². The van der Waals surface area contributed by atoms with Crippen LogP contribution < -0.4 is 15.8 Å². The number of carbonyl (C=O) groups excluding carboxylic acids is 1. The molecule has 22 heavy (non-hydrogen) atoms. The number of aliphatic carboxylic acids is 1. The normalized spacial score (nSPS) is 12.4. The Hall–Kier alpha value is -2.51. The van der Waals surface area contributed by atoms with Gasteiger partial charge in [-0.05, 0) is 32.9 Å². The third-order valence-corrected chi connectivity index (χ3v) is 2.41. The molecule has 4 N–H and O–H groups in total. The molecule has 0 saturated heterocycles. The van der Waals surface area contributed by atoms with Gasteiger partial charge in [0, 0.05) is 0 Å². The average Bonchev–Trinajstić information content (AvgIpc) is 2.36. The van der Waals surface area contributed by atoms with Crippen molar-refractivity contribution in [3.8, 4) is 5.75 Å². The van der Waals surface area contributed by atoms with Crippen molar-refractivity contribution in [2.24, 2.45) is 0 Å². The molecule has 0 saturated carbocycles. The zero-order chi connectivity index (χ0) is 16.9. The van der Waals surface area contributed by atoms with Gasteiger partial charge in [-0.1, -0.05) is 6.07 Å². The summed E-state index contributed by atoms with van der Waals surface area (Å²) < 4.78 is 23.4. The molecular weight excluding hydrogens is 295 g/mol. The molecule has 1 aromatic rings. The van der Waals surface area contributed by atoms with E-state index in [1.54, 1.807) is 20.8 Å². The quantitative estimate of drug-likeness (QED) is 0.714. The maximum absolute atomic E-state index is 13.2. The maximum atomic E-state index is 13.2. The summed E-state index contributed by atoms with van der Waals surface area (Å²) in [7, 11) is 0. The topological polar surface area (TPSA) is 111 Å². The molecule has 8 heteroatoms. The lowest BCUT2D eigenvalue weighted by Crippen LogP contribution is -2.46. The van der Waals surface area contributed by atoms with Gasteiger partial charge in [0.25, 0.3) is 0 Å². The molecule has 7 nitrogen and oxygen atoms in total. The minimum absolute atomic E-state index is 0.00256. The first kappa shape index (κ1) is 17.5. The SMILES string of the molecule is CC(C)(C)OC(=O)NC(COc1cccc(F)c1N)C(=O)O. The van der Waals surface area contributed by atoms with Crippen LogP contribution >= 0.6 is 0 Å². The van der Waals surface area contributed by atoms with Crippen LogP contribution in [0.2, 0.25) is 0 Å². The van der Waals surface area contributed by atoms with Crippen molar-refractivity contribution in [3.63, 3.8) is 0 Å². The number of para-hydroxylation sites is 1. The van der Waals surface area contributed by atoms with Gasteiger partial charge >= 0.3 is 12.1 Å². The number of halogens is 1. The second-order valence-corrected chi connectivity index (χ2v) is 5.50. The highest BCUT2D eigenvalue weighted by atomic mass is 19.1. The van der Waals surface area contributed by atoms with E-state index in [2.05, 4.69) is 5.32 Å². The number of carbonyl (C=O) groups is 2. The Morgan fingerprint density at radius 2 is 2.05 bits per heavy atom. The lowest BCUT2D eigenvalue weighted by molar-refractivity contribution is -0.140. The number of nitrogens with two attached hydrogens (primary N) is 1. The van der Waals surface area contributed by atoms with Crippen LogP contribution in [0.1, 0.15) is 20.8 Å². The summed E-state index contributed by atoms with van der Waals surface area (Å²) in [5.41, 5.74) is 4.47. The summed E-state index contributed by atoms with van der Waals surface area (Å²) in [6.45, 7) is 4.51. The lowest BCUT2D eigenvalue weighted by atomic mass is 10.2. The second-order valence-electron chi connectivity index (χ2n) is 5.50. The van der Waals surface area contributed by atoms with Crippen molar-refractivity contribution < 1.29 is 28.6 Å². The Morgan fingerprint density at radius 3 is 2.59 bits per heavy atom.